The smallest absolute Gasteiger partial charge is 0.341 e. The van der Waals surface area contributed by atoms with Gasteiger partial charge in [-0.1, -0.05) is 18.2 Å². The van der Waals surface area contributed by atoms with Crippen LogP contribution in [-0.2, 0) is 4.79 Å². The van der Waals surface area contributed by atoms with Crippen molar-refractivity contribution in [2.24, 2.45) is 0 Å². The topological polar surface area (TPSA) is 72.8 Å². The molecule has 0 aromatic heterocycles. The average molecular weight is 312 g/mol. The van der Waals surface area contributed by atoms with E-state index >= 15 is 0 Å². The van der Waals surface area contributed by atoms with Gasteiger partial charge in [0.25, 0.3) is 0 Å². The van der Waals surface area contributed by atoms with Crippen molar-refractivity contribution in [1.29, 1.82) is 0 Å². The number of allylic oxidation sites excluding steroid dienone is 1. The van der Waals surface area contributed by atoms with Crippen LogP contribution in [0.5, 0.6) is 11.5 Å². The van der Waals surface area contributed by atoms with E-state index < -0.39 is 12.6 Å². The highest BCUT2D eigenvalue weighted by Gasteiger charge is 2.03. The molecular formula is C18H16O5. The summed E-state index contributed by atoms with van der Waals surface area (Å²) in [6.07, 6.45) is 3.20. The largest absolute Gasteiger partial charge is 0.497 e. The normalized spacial score (nSPS) is 10.5. The fraction of sp³-hybridized carbons (Fsp3) is 0.111. The number of aliphatic carboxylic acids is 1. The van der Waals surface area contributed by atoms with Crippen LogP contribution in [-0.4, -0.2) is 30.6 Å². The number of methoxy groups -OCH3 is 1. The first kappa shape index (κ1) is 16.3. The molecule has 5 heteroatoms. The highest BCUT2D eigenvalue weighted by atomic mass is 16.5. The van der Waals surface area contributed by atoms with Gasteiger partial charge in [0, 0.05) is 5.56 Å². The highest BCUT2D eigenvalue weighted by Crippen LogP contribution is 2.15. The molecule has 0 fully saturated rings. The molecule has 0 saturated heterocycles. The molecule has 0 saturated carbocycles. The third-order valence-electron chi connectivity index (χ3n) is 3.04. The second-order valence-corrected chi connectivity index (χ2v) is 4.68. The van der Waals surface area contributed by atoms with Gasteiger partial charge >= 0.3 is 5.97 Å². The minimum absolute atomic E-state index is 0.148. The van der Waals surface area contributed by atoms with E-state index in [1.165, 1.54) is 6.08 Å². The lowest BCUT2D eigenvalue weighted by Crippen LogP contribution is -2.09. The van der Waals surface area contributed by atoms with Crippen LogP contribution in [0.15, 0.2) is 54.6 Å². The summed E-state index contributed by atoms with van der Waals surface area (Å²) in [5.74, 6) is -0.0355. The molecule has 5 nitrogen and oxygen atoms in total. The van der Waals surface area contributed by atoms with Crippen LogP contribution in [0.3, 0.4) is 0 Å². The minimum atomic E-state index is -1.05. The molecular weight excluding hydrogens is 296 g/mol. The van der Waals surface area contributed by atoms with Crippen LogP contribution in [0.25, 0.3) is 6.08 Å². The molecule has 2 aromatic carbocycles. The first-order chi connectivity index (χ1) is 11.1. The zero-order valence-corrected chi connectivity index (χ0v) is 12.6. The second kappa shape index (κ2) is 7.79. The summed E-state index contributed by atoms with van der Waals surface area (Å²) in [7, 11) is 1.60. The number of carboxylic acid groups (broad SMARTS) is 1. The summed E-state index contributed by atoms with van der Waals surface area (Å²) in [5.41, 5.74) is 1.39. The zero-order valence-electron chi connectivity index (χ0n) is 12.6. The summed E-state index contributed by atoms with van der Waals surface area (Å²) in [5, 5.41) is 8.53. The van der Waals surface area contributed by atoms with E-state index in [9.17, 15) is 9.59 Å². The van der Waals surface area contributed by atoms with Crippen molar-refractivity contribution < 1.29 is 24.2 Å². The molecule has 0 radical (unpaired) electrons. The van der Waals surface area contributed by atoms with Gasteiger partial charge < -0.3 is 14.6 Å². The monoisotopic (exact) mass is 312 g/mol. The third kappa shape index (κ3) is 5.00. The quantitative estimate of drug-likeness (QED) is 0.628. The van der Waals surface area contributed by atoms with Crippen molar-refractivity contribution in [2.45, 2.75) is 0 Å². The van der Waals surface area contributed by atoms with E-state index in [-0.39, 0.29) is 5.78 Å². The number of rotatable bonds is 7. The number of ether oxygens (including phenoxy) is 2. The Hall–Kier alpha value is -3.08. The van der Waals surface area contributed by atoms with Crippen LogP contribution in [0.2, 0.25) is 0 Å². The number of carbonyl (C=O) groups excluding carboxylic acids is 1. The average Bonchev–Trinajstić information content (AvgIpc) is 2.58. The van der Waals surface area contributed by atoms with Crippen molar-refractivity contribution in [1.82, 2.24) is 0 Å². The first-order valence-corrected chi connectivity index (χ1v) is 6.89. The first-order valence-electron chi connectivity index (χ1n) is 6.89. The number of carboxylic acids is 1. The maximum Gasteiger partial charge on any atom is 0.341 e. The number of hydrogen-bond donors (Lipinski definition) is 1. The number of ketones is 1. The lowest BCUT2D eigenvalue weighted by molar-refractivity contribution is -0.139. The predicted molar refractivity (Wildman–Crippen MR) is 85.9 cm³/mol. The van der Waals surface area contributed by atoms with E-state index in [4.69, 9.17) is 14.6 Å². The standard InChI is InChI=1S/C18H16O5/c1-22-15-7-2-13(3-8-15)4-11-17(19)14-5-9-16(10-6-14)23-12-18(20)21/h2-11H,12H2,1H3,(H,20,21). The fourth-order valence-corrected chi connectivity index (χ4v) is 1.84. The SMILES string of the molecule is COc1ccc(C=CC(=O)c2ccc(OCC(=O)O)cc2)cc1. The Labute approximate surface area is 133 Å². The van der Waals surface area contributed by atoms with Gasteiger partial charge in [-0.15, -0.1) is 0 Å². The Balaban J connectivity index is 1.99. The van der Waals surface area contributed by atoms with Gasteiger partial charge in [0.05, 0.1) is 7.11 Å². The molecule has 1 N–H and O–H groups in total. The summed E-state index contributed by atoms with van der Waals surface area (Å²) >= 11 is 0. The Bertz CT molecular complexity index is 699. The van der Waals surface area contributed by atoms with Gasteiger partial charge in [-0.3, -0.25) is 4.79 Å². The van der Waals surface area contributed by atoms with Gasteiger partial charge in [0.1, 0.15) is 11.5 Å². The van der Waals surface area contributed by atoms with Crippen molar-refractivity contribution in [2.75, 3.05) is 13.7 Å². The van der Waals surface area contributed by atoms with Crippen LogP contribution >= 0.6 is 0 Å². The van der Waals surface area contributed by atoms with Crippen LogP contribution in [0.1, 0.15) is 15.9 Å². The Morgan fingerprint density at radius 3 is 2.17 bits per heavy atom. The van der Waals surface area contributed by atoms with Crippen molar-refractivity contribution >= 4 is 17.8 Å². The molecule has 0 aliphatic rings. The molecule has 0 aliphatic carbocycles. The van der Waals surface area contributed by atoms with E-state index in [1.807, 2.05) is 24.3 Å². The zero-order chi connectivity index (χ0) is 16.7. The Morgan fingerprint density at radius 2 is 1.61 bits per heavy atom. The maximum atomic E-state index is 12.1. The highest BCUT2D eigenvalue weighted by molar-refractivity contribution is 6.06. The number of benzene rings is 2. The van der Waals surface area contributed by atoms with Crippen LogP contribution in [0, 0.1) is 0 Å². The molecule has 0 aliphatic heterocycles. The lowest BCUT2D eigenvalue weighted by Gasteiger charge is -2.03. The predicted octanol–water partition coefficient (Wildman–Crippen LogP) is 3.05. The van der Waals surface area contributed by atoms with E-state index in [0.29, 0.717) is 11.3 Å². The molecule has 0 spiro atoms. The van der Waals surface area contributed by atoms with Crippen molar-refractivity contribution in [3.63, 3.8) is 0 Å². The molecule has 0 bridgehead atoms. The van der Waals surface area contributed by atoms with Gasteiger partial charge in [0.15, 0.2) is 12.4 Å². The molecule has 0 amide bonds. The maximum absolute atomic E-state index is 12.1. The van der Waals surface area contributed by atoms with Gasteiger partial charge in [-0.05, 0) is 48.0 Å². The third-order valence-corrected chi connectivity index (χ3v) is 3.04. The second-order valence-electron chi connectivity index (χ2n) is 4.68. The summed E-state index contributed by atoms with van der Waals surface area (Å²) in [6, 6.07) is 13.7. The molecule has 23 heavy (non-hydrogen) atoms. The van der Waals surface area contributed by atoms with Gasteiger partial charge in [-0.25, -0.2) is 4.79 Å². The van der Waals surface area contributed by atoms with Gasteiger partial charge in [-0.2, -0.15) is 0 Å². The molecule has 2 aromatic rings. The van der Waals surface area contributed by atoms with Crippen LogP contribution in [0.4, 0.5) is 0 Å². The number of carbonyl (C=O) groups is 2. The summed E-state index contributed by atoms with van der Waals surface area (Å²) < 4.78 is 10.1. The fourth-order valence-electron chi connectivity index (χ4n) is 1.84. The van der Waals surface area contributed by atoms with Crippen molar-refractivity contribution in [3.8, 4) is 11.5 Å². The Morgan fingerprint density at radius 1 is 1.00 bits per heavy atom. The number of hydrogen-bond acceptors (Lipinski definition) is 4. The van der Waals surface area contributed by atoms with Crippen LogP contribution < -0.4 is 9.47 Å². The molecule has 2 rings (SSSR count). The lowest BCUT2D eigenvalue weighted by atomic mass is 10.1. The van der Waals surface area contributed by atoms with E-state index in [0.717, 1.165) is 11.3 Å². The van der Waals surface area contributed by atoms with E-state index in [2.05, 4.69) is 0 Å². The van der Waals surface area contributed by atoms with E-state index in [1.54, 1.807) is 37.5 Å². The summed E-state index contributed by atoms with van der Waals surface area (Å²) in [6.45, 7) is -0.412. The molecule has 0 unspecified atom stereocenters. The van der Waals surface area contributed by atoms with Crippen molar-refractivity contribution in [3.05, 3.63) is 65.7 Å². The summed E-state index contributed by atoms with van der Waals surface area (Å²) in [4.78, 5) is 22.5. The van der Waals surface area contributed by atoms with Gasteiger partial charge in [0.2, 0.25) is 0 Å². The molecule has 0 atom stereocenters. The molecule has 118 valence electrons. The molecule has 0 heterocycles. The minimum Gasteiger partial charge on any atom is -0.497 e. The Kier molecular flexibility index (Phi) is 5.52.